The van der Waals surface area contributed by atoms with Gasteiger partial charge >= 0.3 is 0 Å². The van der Waals surface area contributed by atoms with Crippen LogP contribution < -0.4 is 0 Å². The Balaban J connectivity index is 0.907. The molecule has 314 valence electrons. The molecule has 68 heavy (non-hydrogen) atoms. The van der Waals surface area contributed by atoms with Crippen LogP contribution in [-0.4, -0.2) is 14.5 Å². The van der Waals surface area contributed by atoms with Crippen LogP contribution in [0.3, 0.4) is 0 Å². The Morgan fingerprint density at radius 2 is 0.809 bits per heavy atom. The molecular weight excluding hydrogens is 823 g/mol. The van der Waals surface area contributed by atoms with Crippen LogP contribution in [0.1, 0.15) is 22.3 Å². The molecule has 0 N–H and O–H groups in total. The minimum Gasteiger partial charge on any atom is -0.309 e. The second-order valence-corrected chi connectivity index (χ2v) is 18.4. The number of aromatic nitrogens is 3. The van der Waals surface area contributed by atoms with Crippen molar-refractivity contribution in [3.8, 4) is 61.5 Å². The summed E-state index contributed by atoms with van der Waals surface area (Å²) >= 11 is 0. The smallest absolute Gasteiger partial charge is 0.0979 e. The van der Waals surface area contributed by atoms with Gasteiger partial charge in [-0.2, -0.15) is 0 Å². The van der Waals surface area contributed by atoms with E-state index >= 15 is 0 Å². The van der Waals surface area contributed by atoms with Crippen molar-refractivity contribution in [2.75, 3.05) is 0 Å². The van der Waals surface area contributed by atoms with Crippen LogP contribution in [-0.2, 0) is 5.41 Å². The van der Waals surface area contributed by atoms with Crippen molar-refractivity contribution in [1.29, 1.82) is 0 Å². The first-order valence-corrected chi connectivity index (χ1v) is 23.5. The summed E-state index contributed by atoms with van der Waals surface area (Å²) in [6.07, 6.45) is 1.97. The van der Waals surface area contributed by atoms with Gasteiger partial charge < -0.3 is 4.57 Å². The molecule has 0 atom stereocenters. The van der Waals surface area contributed by atoms with Gasteiger partial charge in [-0.3, -0.25) is 4.98 Å². The van der Waals surface area contributed by atoms with E-state index in [-0.39, 0.29) is 0 Å². The monoisotopic (exact) mass is 861 g/mol. The topological polar surface area (TPSA) is 30.7 Å². The summed E-state index contributed by atoms with van der Waals surface area (Å²) in [6.45, 7) is 0. The summed E-state index contributed by atoms with van der Waals surface area (Å²) in [5, 5.41) is 7.14. The lowest BCUT2D eigenvalue weighted by molar-refractivity contribution is 0.794. The molecule has 3 nitrogen and oxygen atoms in total. The van der Waals surface area contributed by atoms with Crippen LogP contribution >= 0.6 is 0 Å². The van der Waals surface area contributed by atoms with E-state index < -0.39 is 5.41 Å². The summed E-state index contributed by atoms with van der Waals surface area (Å²) in [5.41, 5.74) is 21.9. The molecule has 2 aromatic heterocycles. The third kappa shape index (κ3) is 5.07. The van der Waals surface area contributed by atoms with E-state index in [0.717, 1.165) is 38.8 Å². The molecule has 0 radical (unpaired) electrons. The van der Waals surface area contributed by atoms with Crippen molar-refractivity contribution in [3.05, 3.63) is 259 Å². The van der Waals surface area contributed by atoms with Gasteiger partial charge in [-0.1, -0.05) is 188 Å². The Morgan fingerprint density at radius 3 is 1.51 bits per heavy atom. The molecule has 15 rings (SSSR count). The van der Waals surface area contributed by atoms with E-state index in [2.05, 4.69) is 235 Å². The van der Waals surface area contributed by atoms with Crippen LogP contribution in [0.4, 0.5) is 0 Å². The maximum atomic E-state index is 5.47. The van der Waals surface area contributed by atoms with E-state index in [1.54, 1.807) is 0 Å². The average Bonchev–Trinajstić information content (AvgIpc) is 4.02. The zero-order valence-electron chi connectivity index (χ0n) is 36.9. The lowest BCUT2D eigenvalue weighted by Crippen LogP contribution is -2.26. The SMILES string of the molecule is c1ccc(-n2c3ccccc3c3ccc(-c4cccc(-c5ccc6c(c5)C5(c7ccccc7-c7ccccc75)c5cc(-c7cnc8c9ccccc9c9ccccc9c8n7)ccc5-6)c4)cc32)cc1. The molecule has 2 aliphatic carbocycles. The molecule has 1 spiro atoms. The highest BCUT2D eigenvalue weighted by atomic mass is 15.0. The molecule has 0 amide bonds. The summed E-state index contributed by atoms with van der Waals surface area (Å²) in [7, 11) is 0. The highest BCUT2D eigenvalue weighted by Gasteiger charge is 2.51. The van der Waals surface area contributed by atoms with Crippen molar-refractivity contribution in [2.45, 2.75) is 5.41 Å². The molecule has 0 saturated carbocycles. The first-order valence-electron chi connectivity index (χ1n) is 23.5. The number of nitrogens with zero attached hydrogens (tertiary/aromatic N) is 3. The molecule has 0 saturated heterocycles. The molecule has 0 bridgehead atoms. The quantitative estimate of drug-likeness (QED) is 0.165. The Hall–Kier alpha value is -8.92. The maximum Gasteiger partial charge on any atom is 0.0979 e. The highest BCUT2D eigenvalue weighted by molar-refractivity contribution is 6.23. The van der Waals surface area contributed by atoms with E-state index in [4.69, 9.17) is 9.97 Å². The minimum atomic E-state index is -0.537. The number of hydrogen-bond acceptors (Lipinski definition) is 2. The number of rotatable bonds is 4. The minimum absolute atomic E-state index is 0.537. The van der Waals surface area contributed by atoms with Crippen molar-refractivity contribution < 1.29 is 0 Å². The summed E-state index contributed by atoms with van der Waals surface area (Å²) in [6, 6.07) is 84.9. The number of fused-ring (bicyclic) bond motifs is 19. The Labute approximate surface area is 392 Å². The number of hydrogen-bond donors (Lipinski definition) is 0. The fourth-order valence-electron chi connectivity index (χ4n) is 12.1. The molecule has 0 fully saturated rings. The third-order valence-corrected chi connectivity index (χ3v) is 15.0. The maximum absolute atomic E-state index is 5.47. The molecular formula is C65H39N3. The van der Waals surface area contributed by atoms with Crippen molar-refractivity contribution in [3.63, 3.8) is 0 Å². The first-order chi connectivity index (χ1) is 33.7. The molecule has 0 aliphatic heterocycles. The van der Waals surface area contributed by atoms with E-state index in [1.165, 1.54) is 99.3 Å². The van der Waals surface area contributed by atoms with Gasteiger partial charge in [0.2, 0.25) is 0 Å². The van der Waals surface area contributed by atoms with Gasteiger partial charge in [0.05, 0.1) is 39.4 Å². The lowest BCUT2D eigenvalue weighted by Gasteiger charge is -2.31. The molecule has 0 unspecified atom stereocenters. The predicted octanol–water partition coefficient (Wildman–Crippen LogP) is 16.4. The van der Waals surface area contributed by atoms with Gasteiger partial charge in [0, 0.05) is 32.8 Å². The van der Waals surface area contributed by atoms with Gasteiger partial charge in [0.1, 0.15) is 0 Å². The largest absolute Gasteiger partial charge is 0.309 e. The molecule has 11 aromatic carbocycles. The van der Waals surface area contributed by atoms with Gasteiger partial charge in [0.15, 0.2) is 0 Å². The summed E-state index contributed by atoms with van der Waals surface area (Å²) in [4.78, 5) is 10.7. The number of benzene rings is 11. The van der Waals surface area contributed by atoms with Crippen LogP contribution in [0.15, 0.2) is 237 Å². The number of para-hydroxylation sites is 2. The summed E-state index contributed by atoms with van der Waals surface area (Å²) in [5.74, 6) is 0. The van der Waals surface area contributed by atoms with Crippen molar-refractivity contribution >= 4 is 54.4 Å². The third-order valence-electron chi connectivity index (χ3n) is 15.0. The normalized spacial score (nSPS) is 13.1. The second-order valence-electron chi connectivity index (χ2n) is 18.4. The van der Waals surface area contributed by atoms with Crippen LogP contribution in [0.5, 0.6) is 0 Å². The van der Waals surface area contributed by atoms with Crippen molar-refractivity contribution in [2.24, 2.45) is 0 Å². The van der Waals surface area contributed by atoms with Crippen LogP contribution in [0.2, 0.25) is 0 Å². The van der Waals surface area contributed by atoms with Gasteiger partial charge in [-0.15, -0.1) is 0 Å². The Morgan fingerprint density at radius 1 is 0.309 bits per heavy atom. The highest BCUT2D eigenvalue weighted by Crippen LogP contribution is 2.63. The first kappa shape index (κ1) is 37.3. The average molecular weight is 862 g/mol. The van der Waals surface area contributed by atoms with Gasteiger partial charge in [-0.05, 0) is 120 Å². The zero-order valence-corrected chi connectivity index (χ0v) is 36.9. The zero-order chi connectivity index (χ0) is 44.5. The molecule has 2 aliphatic rings. The Kier molecular flexibility index (Phi) is 7.71. The predicted molar refractivity (Wildman–Crippen MR) is 281 cm³/mol. The van der Waals surface area contributed by atoms with Gasteiger partial charge in [0.25, 0.3) is 0 Å². The second kappa shape index (κ2) is 14.0. The molecule has 13 aromatic rings. The van der Waals surface area contributed by atoms with Crippen LogP contribution in [0.25, 0.3) is 116 Å². The Bertz CT molecular complexity index is 4190. The summed E-state index contributed by atoms with van der Waals surface area (Å²) < 4.78 is 2.40. The van der Waals surface area contributed by atoms with E-state index in [9.17, 15) is 0 Å². The standard InChI is InChI=1S/C65H39N3/c1-2-17-45(18-3-1)68-61-28-13-10-23-52(61)53-34-30-43(38-62(53)68)41-16-14-15-40(35-41)42-29-32-50-51-33-31-44(60-39-66-63-54-24-6-4-19-46(54)47-20-5-7-25-55(47)64(63)67-60)37-59(51)65(58(50)36-42)56-26-11-8-21-48(56)49-22-9-12-27-57(49)65/h1-39H. The van der Waals surface area contributed by atoms with E-state index in [1.807, 2.05) is 6.20 Å². The lowest BCUT2D eigenvalue weighted by atomic mass is 9.70. The van der Waals surface area contributed by atoms with Crippen molar-refractivity contribution in [1.82, 2.24) is 14.5 Å². The molecule has 2 heterocycles. The fourth-order valence-corrected chi connectivity index (χ4v) is 12.1. The van der Waals surface area contributed by atoms with Crippen LogP contribution in [0, 0.1) is 0 Å². The van der Waals surface area contributed by atoms with E-state index in [0.29, 0.717) is 0 Å². The fraction of sp³-hybridized carbons (Fsp3) is 0.0154. The molecule has 3 heteroatoms. The van der Waals surface area contributed by atoms with Gasteiger partial charge in [-0.25, -0.2) is 4.98 Å².